The summed E-state index contributed by atoms with van der Waals surface area (Å²) in [6, 6.07) is 44.5. The number of halogens is 3. The number of hydrogen-bond acceptors (Lipinski definition) is 10. The molecular formula is C55H45F3N4O10S2. The molecule has 0 aliphatic carbocycles. The predicted octanol–water partition coefficient (Wildman–Crippen LogP) is 10.2. The SMILES string of the molecule is O=C(NCCc1ccc(NS(=O)(=O)c2cccc3ccccc23)cc1)c1cc2cc(O)ccc2cc1O.O=C(NCCc1ccc(NS(=O)(=O)c2ccccc2C(F)(F)F)cc1)c1cc2cc(O)ccc2cc1O. The lowest BCUT2D eigenvalue weighted by Gasteiger charge is -2.14. The Morgan fingerprint density at radius 1 is 0.446 bits per heavy atom. The number of hydrogen-bond donors (Lipinski definition) is 8. The minimum atomic E-state index is -4.83. The summed E-state index contributed by atoms with van der Waals surface area (Å²) >= 11 is 0. The molecule has 0 radical (unpaired) electrons. The van der Waals surface area contributed by atoms with Crippen molar-refractivity contribution in [2.24, 2.45) is 0 Å². The molecule has 0 aliphatic rings. The topological polar surface area (TPSA) is 231 Å². The zero-order chi connectivity index (χ0) is 52.8. The van der Waals surface area contributed by atoms with Crippen LogP contribution in [-0.2, 0) is 39.1 Å². The van der Waals surface area contributed by atoms with E-state index >= 15 is 0 Å². The Kier molecular flexibility index (Phi) is 15.0. The molecule has 0 spiro atoms. The fourth-order valence-corrected chi connectivity index (χ4v) is 10.6. The molecule has 0 heterocycles. The summed E-state index contributed by atoms with van der Waals surface area (Å²) < 4.78 is 95.6. The fraction of sp³-hybridized carbons (Fsp3) is 0.0909. The first-order valence-corrected chi connectivity index (χ1v) is 25.6. The smallest absolute Gasteiger partial charge is 0.417 e. The normalized spacial score (nSPS) is 11.7. The van der Waals surface area contributed by atoms with Crippen LogP contribution in [-0.4, -0.2) is 62.2 Å². The first kappa shape index (κ1) is 51.5. The van der Waals surface area contributed by atoms with Crippen LogP contribution < -0.4 is 20.1 Å². The lowest BCUT2D eigenvalue weighted by atomic mass is 10.0. The van der Waals surface area contributed by atoms with E-state index in [1.165, 1.54) is 66.7 Å². The number of amides is 2. The highest BCUT2D eigenvalue weighted by Gasteiger charge is 2.37. The number of rotatable bonds is 14. The molecule has 0 fully saturated rings. The summed E-state index contributed by atoms with van der Waals surface area (Å²) in [6.07, 6.45) is -3.95. The largest absolute Gasteiger partial charge is 0.508 e. The third-order valence-electron chi connectivity index (χ3n) is 11.7. The number of benzene rings is 9. The molecule has 19 heteroatoms. The monoisotopic (exact) mass is 1040 g/mol. The fourth-order valence-electron chi connectivity index (χ4n) is 8.01. The molecule has 2 amide bonds. The number of phenols is 4. The molecule has 14 nitrogen and oxygen atoms in total. The second-order valence-corrected chi connectivity index (χ2v) is 20.2. The number of carbonyl (C=O) groups excluding carboxylic acids is 2. The van der Waals surface area contributed by atoms with Gasteiger partial charge in [0.05, 0.1) is 26.5 Å². The number of sulfonamides is 2. The lowest BCUT2D eigenvalue weighted by Crippen LogP contribution is -2.25. The Morgan fingerprint density at radius 3 is 1.38 bits per heavy atom. The Labute approximate surface area is 422 Å². The van der Waals surface area contributed by atoms with E-state index in [1.807, 2.05) is 18.2 Å². The first-order chi connectivity index (χ1) is 35.2. The summed E-state index contributed by atoms with van der Waals surface area (Å²) in [5.41, 5.74) is 1.05. The molecule has 8 N–H and O–H groups in total. The third-order valence-corrected chi connectivity index (χ3v) is 14.6. The standard InChI is InChI=1S/C29H24N2O5S.C26H21F3N2O5S/c32-24-13-10-21-18-27(33)26(17-22(21)16-24)29(34)30-15-14-19-8-11-23(12-9-19)31-37(35,36)28-7-3-5-20-4-1-2-6-25(20)28;27-26(28,29)22-3-1-2-4-24(22)37(35,36)31-19-8-5-16(6-9-19)11-12-30-25(34)21-14-18-13-20(32)10-7-17(18)15-23(21)33/h1-13,16-18,31-33H,14-15H2,(H,30,34);1-10,13-15,31-33H,11-12H2,(H,30,34). The highest BCUT2D eigenvalue weighted by Crippen LogP contribution is 2.35. The average Bonchev–Trinajstić information content (AvgIpc) is 3.36. The van der Waals surface area contributed by atoms with Gasteiger partial charge in [0.25, 0.3) is 31.9 Å². The van der Waals surface area contributed by atoms with Gasteiger partial charge in [-0.3, -0.25) is 19.0 Å². The maximum absolute atomic E-state index is 13.2. The molecule has 9 aromatic carbocycles. The highest BCUT2D eigenvalue weighted by atomic mass is 32.2. The minimum absolute atomic E-state index is 0.0276. The number of nitrogens with one attached hydrogen (secondary N) is 4. The van der Waals surface area contributed by atoms with Gasteiger partial charge < -0.3 is 31.1 Å². The van der Waals surface area contributed by atoms with Gasteiger partial charge in [0.2, 0.25) is 0 Å². The molecule has 9 rings (SSSR count). The maximum atomic E-state index is 13.2. The minimum Gasteiger partial charge on any atom is -0.508 e. The predicted molar refractivity (Wildman–Crippen MR) is 277 cm³/mol. The van der Waals surface area contributed by atoms with Gasteiger partial charge in [-0.25, -0.2) is 16.8 Å². The van der Waals surface area contributed by atoms with Gasteiger partial charge in [-0.1, -0.05) is 84.9 Å². The number of anilines is 2. The van der Waals surface area contributed by atoms with E-state index in [-0.39, 0.29) is 51.3 Å². The van der Waals surface area contributed by atoms with E-state index < -0.39 is 48.5 Å². The molecule has 74 heavy (non-hydrogen) atoms. The quantitative estimate of drug-likeness (QED) is 0.0513. The van der Waals surface area contributed by atoms with Crippen molar-refractivity contribution in [3.8, 4) is 23.0 Å². The molecular weight excluding hydrogens is 998 g/mol. The van der Waals surface area contributed by atoms with Crippen LogP contribution in [0, 0.1) is 0 Å². The van der Waals surface area contributed by atoms with Gasteiger partial charge in [-0.15, -0.1) is 0 Å². The van der Waals surface area contributed by atoms with Gasteiger partial charge in [0.15, 0.2) is 0 Å². The summed E-state index contributed by atoms with van der Waals surface area (Å²) in [5, 5.41) is 49.3. The third kappa shape index (κ3) is 12.3. The van der Waals surface area contributed by atoms with Crippen LogP contribution in [0.25, 0.3) is 32.3 Å². The molecule has 9 aromatic rings. The molecule has 0 saturated carbocycles. The van der Waals surface area contributed by atoms with Crippen molar-refractivity contribution >= 4 is 75.6 Å². The molecule has 0 unspecified atom stereocenters. The second kappa shape index (κ2) is 21.5. The first-order valence-electron chi connectivity index (χ1n) is 22.6. The van der Waals surface area contributed by atoms with Crippen molar-refractivity contribution < 1.29 is 60.0 Å². The number of phenolic OH excluding ortho intramolecular Hbond substituents is 4. The maximum Gasteiger partial charge on any atom is 0.417 e. The van der Waals surface area contributed by atoms with Crippen LogP contribution >= 0.6 is 0 Å². The van der Waals surface area contributed by atoms with Crippen LogP contribution in [0.15, 0.2) is 186 Å². The van der Waals surface area contributed by atoms with Crippen LogP contribution in [0.4, 0.5) is 24.5 Å². The van der Waals surface area contributed by atoms with Crippen LogP contribution in [0.3, 0.4) is 0 Å². The number of fused-ring (bicyclic) bond motifs is 3. The van der Waals surface area contributed by atoms with Crippen LogP contribution in [0.1, 0.15) is 37.4 Å². The summed E-state index contributed by atoms with van der Waals surface area (Å²) in [7, 11) is -8.27. The molecule has 0 saturated heterocycles. The Hall–Kier alpha value is -8.81. The number of carbonyl (C=O) groups is 2. The van der Waals surface area contributed by atoms with Crippen molar-refractivity contribution in [2.45, 2.75) is 28.8 Å². The van der Waals surface area contributed by atoms with Crippen LogP contribution in [0.5, 0.6) is 23.0 Å². The second-order valence-electron chi connectivity index (χ2n) is 16.9. The van der Waals surface area contributed by atoms with E-state index in [1.54, 1.807) is 72.8 Å². The van der Waals surface area contributed by atoms with Crippen molar-refractivity contribution in [3.05, 3.63) is 204 Å². The van der Waals surface area contributed by atoms with E-state index in [9.17, 15) is 60.0 Å². The number of alkyl halides is 3. The van der Waals surface area contributed by atoms with Gasteiger partial charge in [0.1, 0.15) is 23.0 Å². The number of aromatic hydroxyl groups is 4. The van der Waals surface area contributed by atoms with E-state index in [2.05, 4.69) is 20.1 Å². The molecule has 0 atom stereocenters. The van der Waals surface area contributed by atoms with Crippen molar-refractivity contribution in [3.63, 3.8) is 0 Å². The van der Waals surface area contributed by atoms with Gasteiger partial charge >= 0.3 is 6.18 Å². The Bertz CT molecular complexity index is 3800. The Balaban J connectivity index is 0.000000197. The summed E-state index contributed by atoms with van der Waals surface area (Å²) in [6.45, 7) is 0.512. The van der Waals surface area contributed by atoms with Crippen molar-refractivity contribution in [1.82, 2.24) is 10.6 Å². The zero-order valence-corrected chi connectivity index (χ0v) is 40.4. The van der Waals surface area contributed by atoms with Gasteiger partial charge in [-0.05, 0) is 142 Å². The summed E-state index contributed by atoms with van der Waals surface area (Å²) in [4.78, 5) is 24.5. The Morgan fingerprint density at radius 2 is 0.878 bits per heavy atom. The average molecular weight is 1040 g/mol. The lowest BCUT2D eigenvalue weighted by molar-refractivity contribution is -0.139. The van der Waals surface area contributed by atoms with E-state index in [4.69, 9.17) is 0 Å². The zero-order valence-electron chi connectivity index (χ0n) is 38.8. The van der Waals surface area contributed by atoms with E-state index in [0.29, 0.717) is 58.1 Å². The van der Waals surface area contributed by atoms with Crippen molar-refractivity contribution in [1.29, 1.82) is 0 Å². The molecule has 0 aromatic heterocycles. The highest BCUT2D eigenvalue weighted by molar-refractivity contribution is 7.93. The van der Waals surface area contributed by atoms with Crippen molar-refractivity contribution in [2.75, 3.05) is 22.5 Å². The molecule has 0 aliphatic heterocycles. The van der Waals surface area contributed by atoms with Crippen LogP contribution in [0.2, 0.25) is 0 Å². The molecule has 0 bridgehead atoms. The molecule has 378 valence electrons. The van der Waals surface area contributed by atoms with Gasteiger partial charge in [0, 0.05) is 29.9 Å². The van der Waals surface area contributed by atoms with E-state index in [0.717, 1.165) is 28.6 Å². The summed E-state index contributed by atoms with van der Waals surface area (Å²) in [5.74, 6) is -1.19. The van der Waals surface area contributed by atoms with Gasteiger partial charge in [-0.2, -0.15) is 13.2 Å².